The molecule has 8 nitrogen and oxygen atoms in total. The van der Waals surface area contributed by atoms with E-state index in [1.165, 1.54) is 0 Å². The standard InChI is InChI=1S/C26H29N5O3/c1-2-34-25(32)19-10-13-30(14-11-19)24-21-16-31(15-12-22(21)27-17-28-24)26(33)29-23-9-5-7-18-6-3-4-8-20(18)23/h3-9,17,19H,2,10-16H2,1H3,(H,29,33). The third-order valence-corrected chi connectivity index (χ3v) is 6.71. The molecular formula is C26H29N5O3. The number of carbonyl (C=O) groups excluding carboxylic acids is 2. The number of urea groups is 1. The number of anilines is 2. The van der Waals surface area contributed by atoms with E-state index in [9.17, 15) is 9.59 Å². The molecule has 5 rings (SSSR count). The number of carbonyl (C=O) groups is 2. The molecule has 0 atom stereocenters. The first-order chi connectivity index (χ1) is 16.6. The molecule has 0 radical (unpaired) electrons. The Hall–Kier alpha value is -3.68. The van der Waals surface area contributed by atoms with Crippen molar-refractivity contribution in [2.24, 2.45) is 5.92 Å². The smallest absolute Gasteiger partial charge is 0.322 e. The number of esters is 1. The zero-order valence-corrected chi connectivity index (χ0v) is 19.4. The average Bonchev–Trinajstić information content (AvgIpc) is 2.88. The highest BCUT2D eigenvalue weighted by Crippen LogP contribution is 2.30. The summed E-state index contributed by atoms with van der Waals surface area (Å²) in [7, 11) is 0. The summed E-state index contributed by atoms with van der Waals surface area (Å²) in [6.45, 7) is 4.77. The zero-order chi connectivity index (χ0) is 23.5. The second-order valence-corrected chi connectivity index (χ2v) is 8.76. The van der Waals surface area contributed by atoms with Crippen molar-refractivity contribution in [3.63, 3.8) is 0 Å². The van der Waals surface area contributed by atoms with E-state index in [2.05, 4.69) is 20.2 Å². The molecule has 3 heterocycles. The van der Waals surface area contributed by atoms with Gasteiger partial charge in [0.2, 0.25) is 0 Å². The van der Waals surface area contributed by atoms with Crippen molar-refractivity contribution >= 4 is 34.3 Å². The largest absolute Gasteiger partial charge is 0.466 e. The molecule has 3 aromatic rings. The lowest BCUT2D eigenvalue weighted by atomic mass is 9.96. The highest BCUT2D eigenvalue weighted by atomic mass is 16.5. The summed E-state index contributed by atoms with van der Waals surface area (Å²) in [5.41, 5.74) is 2.79. The molecule has 1 saturated heterocycles. The molecule has 0 bridgehead atoms. The molecule has 2 amide bonds. The minimum absolute atomic E-state index is 0.0585. The Morgan fingerprint density at radius 3 is 2.68 bits per heavy atom. The van der Waals surface area contributed by atoms with E-state index in [0.717, 1.165) is 59.5 Å². The van der Waals surface area contributed by atoms with E-state index in [1.54, 1.807) is 6.33 Å². The van der Waals surface area contributed by atoms with Gasteiger partial charge in [-0.15, -0.1) is 0 Å². The van der Waals surface area contributed by atoms with Crippen molar-refractivity contribution in [1.29, 1.82) is 0 Å². The number of benzene rings is 2. The molecule has 176 valence electrons. The third kappa shape index (κ3) is 4.40. The SMILES string of the molecule is CCOC(=O)C1CCN(c2ncnc3c2CN(C(=O)Nc2cccc4ccccc24)CC3)CC1. The van der Waals surface area contributed by atoms with Crippen LogP contribution >= 0.6 is 0 Å². The van der Waals surface area contributed by atoms with Gasteiger partial charge in [0.1, 0.15) is 12.1 Å². The third-order valence-electron chi connectivity index (χ3n) is 6.71. The molecule has 0 saturated carbocycles. The van der Waals surface area contributed by atoms with Crippen molar-refractivity contribution in [2.75, 3.05) is 36.5 Å². The Labute approximate surface area is 198 Å². The molecule has 0 spiro atoms. The lowest BCUT2D eigenvalue weighted by Crippen LogP contribution is -2.42. The summed E-state index contributed by atoms with van der Waals surface area (Å²) >= 11 is 0. The van der Waals surface area contributed by atoms with Crippen LogP contribution in [0.4, 0.5) is 16.3 Å². The zero-order valence-electron chi connectivity index (χ0n) is 19.4. The summed E-state index contributed by atoms with van der Waals surface area (Å²) < 4.78 is 5.19. The predicted octanol–water partition coefficient (Wildman–Crippen LogP) is 4.00. The van der Waals surface area contributed by atoms with Crippen LogP contribution in [-0.4, -0.2) is 53.1 Å². The number of nitrogens with zero attached hydrogens (tertiary/aromatic N) is 4. The van der Waals surface area contributed by atoms with Crippen molar-refractivity contribution in [3.8, 4) is 0 Å². The maximum Gasteiger partial charge on any atom is 0.322 e. The van der Waals surface area contributed by atoms with Gasteiger partial charge in [0.05, 0.1) is 30.5 Å². The highest BCUT2D eigenvalue weighted by molar-refractivity contribution is 6.01. The molecule has 1 aromatic heterocycles. The van der Waals surface area contributed by atoms with Crippen molar-refractivity contribution in [1.82, 2.24) is 14.9 Å². The van der Waals surface area contributed by atoms with Crippen LogP contribution < -0.4 is 10.2 Å². The van der Waals surface area contributed by atoms with Crippen LogP contribution in [0.1, 0.15) is 31.0 Å². The van der Waals surface area contributed by atoms with E-state index < -0.39 is 0 Å². The van der Waals surface area contributed by atoms with Crippen LogP contribution in [0.2, 0.25) is 0 Å². The number of amides is 2. The number of rotatable bonds is 4. The molecule has 0 unspecified atom stereocenters. The van der Waals surface area contributed by atoms with E-state index in [-0.39, 0.29) is 17.9 Å². The predicted molar refractivity (Wildman–Crippen MR) is 131 cm³/mol. The minimum atomic E-state index is -0.127. The average molecular weight is 460 g/mol. The van der Waals surface area contributed by atoms with Gasteiger partial charge >= 0.3 is 12.0 Å². The van der Waals surface area contributed by atoms with Crippen LogP contribution in [0.5, 0.6) is 0 Å². The molecule has 34 heavy (non-hydrogen) atoms. The number of ether oxygens (including phenoxy) is 1. The lowest BCUT2D eigenvalue weighted by Gasteiger charge is -2.35. The molecule has 2 aliphatic rings. The Morgan fingerprint density at radius 2 is 1.85 bits per heavy atom. The fraction of sp³-hybridized carbons (Fsp3) is 0.385. The van der Waals surface area contributed by atoms with Crippen molar-refractivity contribution < 1.29 is 14.3 Å². The van der Waals surface area contributed by atoms with Crippen molar-refractivity contribution in [3.05, 3.63) is 60.0 Å². The second kappa shape index (κ2) is 9.67. The Balaban J connectivity index is 1.30. The molecule has 1 N–H and O–H groups in total. The van der Waals surface area contributed by atoms with Gasteiger partial charge < -0.3 is 19.9 Å². The Kier molecular flexibility index (Phi) is 6.29. The van der Waals surface area contributed by atoms with Crippen molar-refractivity contribution in [2.45, 2.75) is 32.7 Å². The van der Waals surface area contributed by atoms with Crippen LogP contribution in [0.3, 0.4) is 0 Å². The maximum atomic E-state index is 13.2. The Bertz CT molecular complexity index is 1200. The van der Waals surface area contributed by atoms with Gasteiger partial charge in [-0.05, 0) is 31.2 Å². The number of nitrogens with one attached hydrogen (secondary N) is 1. The summed E-state index contributed by atoms with van der Waals surface area (Å²) in [6, 6.07) is 13.8. The van der Waals surface area contributed by atoms with Gasteiger partial charge in [-0.1, -0.05) is 36.4 Å². The first-order valence-corrected chi connectivity index (χ1v) is 11.9. The van der Waals surface area contributed by atoms with E-state index in [1.807, 2.05) is 54.3 Å². The molecule has 2 aliphatic heterocycles. The molecule has 1 fully saturated rings. The number of piperidine rings is 1. The minimum Gasteiger partial charge on any atom is -0.466 e. The first kappa shape index (κ1) is 22.1. The molecular weight excluding hydrogens is 430 g/mol. The van der Waals surface area contributed by atoms with Gasteiger partial charge in [-0.25, -0.2) is 14.8 Å². The van der Waals surface area contributed by atoms with Gasteiger partial charge in [0, 0.05) is 37.0 Å². The second-order valence-electron chi connectivity index (χ2n) is 8.76. The molecule has 2 aromatic carbocycles. The fourth-order valence-corrected chi connectivity index (χ4v) is 4.89. The van der Waals surface area contributed by atoms with Gasteiger partial charge in [-0.3, -0.25) is 4.79 Å². The lowest BCUT2D eigenvalue weighted by molar-refractivity contribution is -0.148. The number of fused-ring (bicyclic) bond motifs is 2. The number of hydrogen-bond donors (Lipinski definition) is 1. The van der Waals surface area contributed by atoms with Crippen LogP contribution in [0.15, 0.2) is 48.8 Å². The molecule has 8 heteroatoms. The Morgan fingerprint density at radius 1 is 1.06 bits per heavy atom. The maximum absolute atomic E-state index is 13.2. The molecule has 0 aliphatic carbocycles. The number of aromatic nitrogens is 2. The normalized spacial score (nSPS) is 16.3. The fourth-order valence-electron chi connectivity index (χ4n) is 4.89. The summed E-state index contributed by atoms with van der Waals surface area (Å²) in [5.74, 6) is 0.704. The van der Waals surface area contributed by atoms with Gasteiger partial charge in [-0.2, -0.15) is 0 Å². The highest BCUT2D eigenvalue weighted by Gasteiger charge is 2.30. The summed E-state index contributed by atoms with van der Waals surface area (Å²) in [4.78, 5) is 38.4. The monoisotopic (exact) mass is 459 g/mol. The topological polar surface area (TPSA) is 87.7 Å². The quantitative estimate of drug-likeness (QED) is 0.594. The summed E-state index contributed by atoms with van der Waals surface area (Å²) in [6.07, 6.45) is 3.77. The first-order valence-electron chi connectivity index (χ1n) is 11.9. The summed E-state index contributed by atoms with van der Waals surface area (Å²) in [5, 5.41) is 5.20. The van der Waals surface area contributed by atoms with E-state index in [0.29, 0.717) is 26.1 Å². The van der Waals surface area contributed by atoms with Crippen LogP contribution in [0, 0.1) is 5.92 Å². The van der Waals surface area contributed by atoms with E-state index in [4.69, 9.17) is 4.74 Å². The van der Waals surface area contributed by atoms with Crippen LogP contribution in [-0.2, 0) is 22.5 Å². The van der Waals surface area contributed by atoms with Crippen LogP contribution in [0.25, 0.3) is 10.8 Å². The number of hydrogen-bond acceptors (Lipinski definition) is 6. The van der Waals surface area contributed by atoms with Gasteiger partial charge in [0.25, 0.3) is 0 Å². The van der Waals surface area contributed by atoms with Gasteiger partial charge in [0.15, 0.2) is 0 Å². The van der Waals surface area contributed by atoms with E-state index >= 15 is 0 Å².